The number of hydrogen-bond acceptors (Lipinski definition) is 7. The summed E-state index contributed by atoms with van der Waals surface area (Å²) in [4.78, 5) is 14.5. The molecule has 1 unspecified atom stereocenters. The fourth-order valence-corrected chi connectivity index (χ4v) is 7.37. The number of aliphatic imine (C=N–C) groups is 1. The fraction of sp³-hybridized carbons (Fsp3) is 0.190. The van der Waals surface area contributed by atoms with E-state index >= 15 is 0 Å². The van der Waals surface area contributed by atoms with Gasteiger partial charge in [0.25, 0.3) is 0 Å². The van der Waals surface area contributed by atoms with Crippen molar-refractivity contribution in [1.82, 2.24) is 24.1 Å². The molecule has 1 aliphatic heterocycles. The number of thiophene rings is 1. The molecule has 11 heteroatoms. The van der Waals surface area contributed by atoms with E-state index in [1.807, 2.05) is 37.4 Å². The number of nitrogens with two attached hydrogens (primary N) is 1. The molecule has 0 aromatic carbocycles. The topological polar surface area (TPSA) is 102 Å². The lowest BCUT2D eigenvalue weighted by atomic mass is 10.0. The summed E-state index contributed by atoms with van der Waals surface area (Å²) in [6.07, 6.45) is 7.03. The standard InChI is InChI=1S/C21H20ClN7OS2/c1-21(12-32(3,30)28(2)20(23)27-21)19-16(22)14-7-9-24-17(18(14)31-19)13-5-6-15(25-11-13)29-10-4-8-26-29/h4-11H,3,12H2,1-2H3,(H2,23,27)/t21-,32?/m0/s1. The van der Waals surface area contributed by atoms with Crippen LogP contribution in [0.25, 0.3) is 27.2 Å². The number of hydrogen-bond donors (Lipinski definition) is 1. The van der Waals surface area contributed by atoms with E-state index in [1.165, 1.54) is 15.6 Å². The molecular formula is C21H20ClN7OS2. The summed E-state index contributed by atoms with van der Waals surface area (Å²) in [5.41, 5.74) is 6.85. The van der Waals surface area contributed by atoms with Crippen LogP contribution in [-0.4, -0.2) is 52.9 Å². The molecule has 5 rings (SSSR count). The van der Waals surface area contributed by atoms with Gasteiger partial charge in [-0.2, -0.15) is 5.10 Å². The average Bonchev–Trinajstić information content (AvgIpc) is 3.41. The molecular weight excluding hydrogens is 466 g/mol. The van der Waals surface area contributed by atoms with Crippen LogP contribution in [0.3, 0.4) is 0 Å². The highest BCUT2D eigenvalue weighted by Gasteiger charge is 2.40. The molecule has 0 fully saturated rings. The molecule has 0 amide bonds. The number of rotatable bonds is 3. The van der Waals surface area contributed by atoms with Crippen molar-refractivity contribution in [2.24, 2.45) is 10.7 Å². The van der Waals surface area contributed by atoms with Crippen molar-refractivity contribution >= 4 is 54.6 Å². The Hall–Kier alpha value is -2.95. The minimum atomic E-state index is -2.62. The summed E-state index contributed by atoms with van der Waals surface area (Å²) in [7, 11) is -0.976. The van der Waals surface area contributed by atoms with E-state index in [2.05, 4.69) is 25.9 Å². The molecule has 4 aromatic heterocycles. The van der Waals surface area contributed by atoms with Crippen LogP contribution in [0.15, 0.2) is 54.0 Å². The SMILES string of the molecule is C=S1(=O)C[C@@](C)(c2sc3c(-c4ccc(-n5cccn5)nc4)nccc3c2Cl)N=C(N)N1C. The Morgan fingerprint density at radius 3 is 2.75 bits per heavy atom. The van der Waals surface area contributed by atoms with Gasteiger partial charge < -0.3 is 5.73 Å². The average molecular weight is 486 g/mol. The van der Waals surface area contributed by atoms with E-state index in [0.717, 1.165) is 26.2 Å². The lowest BCUT2D eigenvalue weighted by molar-refractivity contribution is 0.522. The number of nitrogens with zero attached hydrogens (tertiary/aromatic N) is 6. The Morgan fingerprint density at radius 1 is 1.28 bits per heavy atom. The molecule has 0 bridgehead atoms. The first-order valence-electron chi connectivity index (χ1n) is 9.68. The van der Waals surface area contributed by atoms with Crippen molar-refractivity contribution in [3.05, 3.63) is 59.0 Å². The summed E-state index contributed by atoms with van der Waals surface area (Å²) in [5, 5.41) is 5.63. The number of aromatic nitrogens is 4. The molecule has 2 N–H and O–H groups in total. The lowest BCUT2D eigenvalue weighted by Crippen LogP contribution is -2.50. The van der Waals surface area contributed by atoms with Gasteiger partial charge in [-0.1, -0.05) is 11.6 Å². The number of halogens is 1. The zero-order chi connectivity index (χ0) is 22.7. The number of guanidine groups is 1. The van der Waals surface area contributed by atoms with Crippen LogP contribution in [0.5, 0.6) is 0 Å². The van der Waals surface area contributed by atoms with E-state index in [0.29, 0.717) is 10.8 Å². The van der Waals surface area contributed by atoms with Gasteiger partial charge in [0.15, 0.2) is 5.82 Å². The van der Waals surface area contributed by atoms with Gasteiger partial charge in [-0.25, -0.2) is 18.9 Å². The van der Waals surface area contributed by atoms with E-state index in [9.17, 15) is 4.21 Å². The minimum absolute atomic E-state index is 0.184. The van der Waals surface area contributed by atoms with E-state index in [-0.39, 0.29) is 11.7 Å². The highest BCUT2D eigenvalue weighted by molar-refractivity contribution is 7.98. The second-order valence-corrected chi connectivity index (χ2v) is 11.6. The first-order valence-corrected chi connectivity index (χ1v) is 12.7. The van der Waals surface area contributed by atoms with Gasteiger partial charge in [0.1, 0.15) is 5.54 Å². The smallest absolute Gasteiger partial charge is 0.203 e. The van der Waals surface area contributed by atoms with Gasteiger partial charge in [0.05, 0.1) is 35.8 Å². The molecule has 0 spiro atoms. The maximum absolute atomic E-state index is 13.1. The number of fused-ring (bicyclic) bond motifs is 1. The second-order valence-electron chi connectivity index (χ2n) is 7.80. The van der Waals surface area contributed by atoms with Crippen molar-refractivity contribution in [2.45, 2.75) is 12.5 Å². The molecule has 0 aliphatic carbocycles. The summed E-state index contributed by atoms with van der Waals surface area (Å²) in [6.45, 7) is 1.89. The van der Waals surface area contributed by atoms with E-state index in [1.54, 1.807) is 30.3 Å². The predicted octanol–water partition coefficient (Wildman–Crippen LogP) is 3.30. The Labute approximate surface area is 194 Å². The van der Waals surface area contributed by atoms with Crippen LogP contribution in [0.1, 0.15) is 11.8 Å². The fourth-order valence-electron chi connectivity index (χ4n) is 3.79. The lowest BCUT2D eigenvalue weighted by Gasteiger charge is -2.36. The summed E-state index contributed by atoms with van der Waals surface area (Å²) in [5.74, 6) is 5.00. The minimum Gasteiger partial charge on any atom is -0.369 e. The predicted molar refractivity (Wildman–Crippen MR) is 132 cm³/mol. The largest absolute Gasteiger partial charge is 0.369 e. The van der Waals surface area contributed by atoms with Gasteiger partial charge >= 0.3 is 0 Å². The van der Waals surface area contributed by atoms with Crippen molar-refractivity contribution in [1.29, 1.82) is 0 Å². The summed E-state index contributed by atoms with van der Waals surface area (Å²) < 4.78 is 17.1. The maximum Gasteiger partial charge on any atom is 0.203 e. The van der Waals surface area contributed by atoms with E-state index in [4.69, 9.17) is 17.3 Å². The third-order valence-corrected chi connectivity index (χ3v) is 9.65. The zero-order valence-corrected chi connectivity index (χ0v) is 19.8. The molecule has 1 aliphatic rings. The monoisotopic (exact) mass is 485 g/mol. The quantitative estimate of drug-likeness (QED) is 0.448. The maximum atomic E-state index is 13.1. The Kier molecular flexibility index (Phi) is 4.77. The van der Waals surface area contributed by atoms with Crippen LogP contribution in [0.2, 0.25) is 5.02 Å². The molecule has 0 radical (unpaired) electrons. The summed E-state index contributed by atoms with van der Waals surface area (Å²) >= 11 is 8.31. The van der Waals surface area contributed by atoms with Crippen molar-refractivity contribution in [2.75, 3.05) is 12.8 Å². The van der Waals surface area contributed by atoms with Crippen molar-refractivity contribution in [3.8, 4) is 17.1 Å². The summed E-state index contributed by atoms with van der Waals surface area (Å²) in [6, 6.07) is 7.56. The molecule has 32 heavy (non-hydrogen) atoms. The molecule has 5 heterocycles. The molecule has 0 saturated carbocycles. The normalized spacial score (nSPS) is 23.5. The van der Waals surface area contributed by atoms with Crippen molar-refractivity contribution < 1.29 is 4.21 Å². The van der Waals surface area contributed by atoms with Gasteiger partial charge in [0.2, 0.25) is 5.96 Å². The van der Waals surface area contributed by atoms with Gasteiger partial charge in [-0.15, -0.1) is 11.3 Å². The van der Waals surface area contributed by atoms with Crippen LogP contribution in [0.4, 0.5) is 0 Å². The van der Waals surface area contributed by atoms with Crippen LogP contribution in [0, 0.1) is 0 Å². The number of pyridine rings is 2. The molecule has 8 nitrogen and oxygen atoms in total. The second kappa shape index (κ2) is 7.29. The Morgan fingerprint density at radius 2 is 2.09 bits per heavy atom. The van der Waals surface area contributed by atoms with Gasteiger partial charge in [0, 0.05) is 42.8 Å². The Bertz CT molecular complexity index is 1460. The molecule has 0 saturated heterocycles. The van der Waals surface area contributed by atoms with Gasteiger partial charge in [-0.3, -0.25) is 9.29 Å². The third kappa shape index (κ3) is 3.26. The van der Waals surface area contributed by atoms with Crippen LogP contribution in [-0.2, 0) is 15.2 Å². The van der Waals surface area contributed by atoms with Crippen LogP contribution >= 0.6 is 22.9 Å². The van der Waals surface area contributed by atoms with E-state index < -0.39 is 15.2 Å². The first-order chi connectivity index (χ1) is 15.2. The van der Waals surface area contributed by atoms with Crippen molar-refractivity contribution in [3.63, 3.8) is 0 Å². The highest BCUT2D eigenvalue weighted by Crippen LogP contribution is 2.47. The molecule has 4 aromatic rings. The highest BCUT2D eigenvalue weighted by atomic mass is 35.5. The van der Waals surface area contributed by atoms with Crippen LogP contribution < -0.4 is 5.73 Å². The van der Waals surface area contributed by atoms with Gasteiger partial charge in [-0.05, 0) is 37.1 Å². The third-order valence-electron chi connectivity index (χ3n) is 5.48. The Balaban J connectivity index is 1.64. The zero-order valence-electron chi connectivity index (χ0n) is 17.4. The molecule has 2 atom stereocenters. The first kappa shape index (κ1) is 20.9. The molecule has 164 valence electrons.